The van der Waals surface area contributed by atoms with Crippen molar-refractivity contribution < 1.29 is 14.0 Å². The second kappa shape index (κ2) is 4.06. The minimum atomic E-state index is -0.621. The second-order valence-electron chi connectivity index (χ2n) is 4.46. The Balaban J connectivity index is 2.17. The van der Waals surface area contributed by atoms with Crippen molar-refractivity contribution in [1.82, 2.24) is 0 Å². The summed E-state index contributed by atoms with van der Waals surface area (Å²) in [5, 5.41) is 0. The van der Waals surface area contributed by atoms with Crippen LogP contribution in [-0.2, 0) is 0 Å². The third kappa shape index (κ3) is 1.62. The van der Waals surface area contributed by atoms with Gasteiger partial charge in [0.2, 0.25) is 0 Å². The molecule has 2 aromatic rings. The molecule has 0 aromatic heterocycles. The zero-order valence-electron chi connectivity index (χ0n) is 10.3. The number of anilines is 3. The van der Waals surface area contributed by atoms with E-state index in [2.05, 4.69) is 0 Å². The van der Waals surface area contributed by atoms with Crippen LogP contribution in [0.1, 0.15) is 20.7 Å². The number of benzene rings is 2. The molecule has 0 saturated carbocycles. The van der Waals surface area contributed by atoms with Gasteiger partial charge in [-0.3, -0.25) is 9.59 Å². The molecule has 4 N–H and O–H groups in total. The molecule has 0 bridgehead atoms. The number of nitrogens with zero attached hydrogens (tertiary/aromatic N) is 1. The van der Waals surface area contributed by atoms with E-state index in [1.165, 1.54) is 18.2 Å². The van der Waals surface area contributed by atoms with Crippen LogP contribution in [0.2, 0.25) is 0 Å². The van der Waals surface area contributed by atoms with Crippen LogP contribution in [0, 0.1) is 5.82 Å². The average molecular weight is 271 g/mol. The van der Waals surface area contributed by atoms with E-state index >= 15 is 0 Å². The van der Waals surface area contributed by atoms with Crippen LogP contribution in [0.15, 0.2) is 36.4 Å². The Morgan fingerprint density at radius 1 is 1.00 bits per heavy atom. The number of hydrogen-bond donors (Lipinski definition) is 2. The van der Waals surface area contributed by atoms with Gasteiger partial charge in [-0.15, -0.1) is 0 Å². The van der Waals surface area contributed by atoms with Crippen molar-refractivity contribution >= 4 is 28.9 Å². The van der Waals surface area contributed by atoms with Crippen molar-refractivity contribution in [2.24, 2.45) is 0 Å². The van der Waals surface area contributed by atoms with Gasteiger partial charge in [-0.25, -0.2) is 9.29 Å². The first-order valence-electron chi connectivity index (χ1n) is 5.82. The fourth-order valence-corrected chi connectivity index (χ4v) is 2.27. The molecular formula is C14H10FN3O2. The van der Waals surface area contributed by atoms with Gasteiger partial charge in [0, 0.05) is 11.4 Å². The van der Waals surface area contributed by atoms with E-state index in [1.807, 2.05) is 0 Å². The molecule has 5 nitrogen and oxygen atoms in total. The monoisotopic (exact) mass is 271 g/mol. The molecule has 1 aliphatic rings. The molecule has 0 unspecified atom stereocenters. The van der Waals surface area contributed by atoms with E-state index in [0.717, 1.165) is 17.0 Å². The minimum absolute atomic E-state index is 0.0908. The quantitative estimate of drug-likeness (QED) is 0.611. The molecule has 3 rings (SSSR count). The average Bonchev–Trinajstić information content (AvgIpc) is 2.61. The van der Waals surface area contributed by atoms with Gasteiger partial charge in [0.15, 0.2) is 0 Å². The minimum Gasteiger partial charge on any atom is -0.399 e. The summed E-state index contributed by atoms with van der Waals surface area (Å²) in [4.78, 5) is 25.5. The normalized spacial score (nSPS) is 13.8. The number of hydrogen-bond acceptors (Lipinski definition) is 4. The SMILES string of the molecule is Nc1cc(F)cc(N2C(=O)c3cccc(N)c3C2=O)c1. The maximum absolute atomic E-state index is 13.4. The number of carbonyl (C=O) groups excluding carboxylic acids is 2. The van der Waals surface area contributed by atoms with Gasteiger partial charge in [-0.2, -0.15) is 0 Å². The smallest absolute Gasteiger partial charge is 0.268 e. The van der Waals surface area contributed by atoms with E-state index in [9.17, 15) is 14.0 Å². The van der Waals surface area contributed by atoms with Gasteiger partial charge < -0.3 is 11.5 Å². The summed E-state index contributed by atoms with van der Waals surface area (Å²) >= 11 is 0. The Hall–Kier alpha value is -2.89. The summed E-state index contributed by atoms with van der Waals surface area (Å²) in [7, 11) is 0. The summed E-state index contributed by atoms with van der Waals surface area (Å²) < 4.78 is 13.4. The third-order valence-corrected chi connectivity index (χ3v) is 3.11. The first kappa shape index (κ1) is 12.2. The summed E-state index contributed by atoms with van der Waals surface area (Å²) in [6.45, 7) is 0. The van der Waals surface area contributed by atoms with Gasteiger partial charge in [-0.1, -0.05) is 6.07 Å². The van der Waals surface area contributed by atoms with Gasteiger partial charge in [0.1, 0.15) is 5.82 Å². The maximum Gasteiger partial charge on any atom is 0.268 e. The first-order valence-corrected chi connectivity index (χ1v) is 5.82. The summed E-state index contributed by atoms with van der Waals surface area (Å²) in [5.41, 5.74) is 12.0. The molecule has 6 heteroatoms. The number of rotatable bonds is 1. The fourth-order valence-electron chi connectivity index (χ4n) is 2.27. The standard InChI is InChI=1S/C14H10FN3O2/c15-7-4-8(16)6-9(5-7)18-13(19)10-2-1-3-11(17)12(10)14(18)20/h1-6H,16-17H2. The Morgan fingerprint density at radius 3 is 2.40 bits per heavy atom. The van der Waals surface area contributed by atoms with Crippen molar-refractivity contribution in [3.05, 3.63) is 53.3 Å². The van der Waals surface area contributed by atoms with E-state index in [1.54, 1.807) is 6.07 Å². The largest absolute Gasteiger partial charge is 0.399 e. The molecule has 1 heterocycles. The van der Waals surface area contributed by atoms with Crippen LogP contribution in [0.25, 0.3) is 0 Å². The van der Waals surface area contributed by atoms with Gasteiger partial charge >= 0.3 is 0 Å². The number of halogens is 1. The van der Waals surface area contributed by atoms with Crippen LogP contribution >= 0.6 is 0 Å². The number of amides is 2. The molecule has 2 amide bonds. The lowest BCUT2D eigenvalue weighted by Gasteiger charge is -2.14. The Bertz CT molecular complexity index is 738. The van der Waals surface area contributed by atoms with Crippen LogP contribution in [0.3, 0.4) is 0 Å². The predicted octanol–water partition coefficient (Wildman–Crippen LogP) is 1.79. The molecule has 0 fully saturated rings. The number of carbonyl (C=O) groups is 2. The van der Waals surface area contributed by atoms with E-state index < -0.39 is 17.6 Å². The molecule has 0 atom stereocenters. The number of nitrogens with two attached hydrogens (primary N) is 2. The highest BCUT2D eigenvalue weighted by Crippen LogP contribution is 2.32. The highest BCUT2D eigenvalue weighted by atomic mass is 19.1. The van der Waals surface area contributed by atoms with Crippen molar-refractivity contribution in [2.45, 2.75) is 0 Å². The Labute approximate surface area is 113 Å². The summed E-state index contributed by atoms with van der Waals surface area (Å²) in [5.74, 6) is -1.74. The molecule has 0 spiro atoms. The summed E-state index contributed by atoms with van der Waals surface area (Å²) in [6, 6.07) is 8.18. The number of nitrogen functional groups attached to an aromatic ring is 2. The summed E-state index contributed by atoms with van der Waals surface area (Å²) in [6.07, 6.45) is 0. The lowest BCUT2D eigenvalue weighted by atomic mass is 10.1. The number of fused-ring (bicyclic) bond motifs is 1. The fraction of sp³-hybridized carbons (Fsp3) is 0. The molecule has 20 heavy (non-hydrogen) atoms. The highest BCUT2D eigenvalue weighted by molar-refractivity contribution is 6.36. The zero-order chi connectivity index (χ0) is 14.4. The first-order chi connectivity index (χ1) is 9.49. The maximum atomic E-state index is 13.4. The van der Waals surface area contributed by atoms with Crippen molar-refractivity contribution in [1.29, 1.82) is 0 Å². The predicted molar refractivity (Wildman–Crippen MR) is 72.8 cm³/mol. The van der Waals surface area contributed by atoms with Crippen LogP contribution in [0.5, 0.6) is 0 Å². The lowest BCUT2D eigenvalue weighted by Crippen LogP contribution is -2.29. The van der Waals surface area contributed by atoms with Gasteiger partial charge in [0.25, 0.3) is 11.8 Å². The topological polar surface area (TPSA) is 89.4 Å². The van der Waals surface area contributed by atoms with Crippen molar-refractivity contribution in [3.63, 3.8) is 0 Å². The molecule has 100 valence electrons. The highest BCUT2D eigenvalue weighted by Gasteiger charge is 2.38. The lowest BCUT2D eigenvalue weighted by molar-refractivity contribution is 0.0926. The van der Waals surface area contributed by atoms with Crippen molar-refractivity contribution in [3.8, 4) is 0 Å². The van der Waals surface area contributed by atoms with E-state index in [-0.39, 0.29) is 28.2 Å². The zero-order valence-corrected chi connectivity index (χ0v) is 10.3. The number of imide groups is 1. The van der Waals surface area contributed by atoms with Crippen LogP contribution in [0.4, 0.5) is 21.5 Å². The third-order valence-electron chi connectivity index (χ3n) is 3.11. The van der Waals surface area contributed by atoms with Crippen LogP contribution in [-0.4, -0.2) is 11.8 Å². The molecule has 0 saturated heterocycles. The van der Waals surface area contributed by atoms with E-state index in [0.29, 0.717) is 0 Å². The second-order valence-corrected chi connectivity index (χ2v) is 4.46. The molecular weight excluding hydrogens is 261 g/mol. The molecule has 0 radical (unpaired) electrons. The van der Waals surface area contributed by atoms with E-state index in [4.69, 9.17) is 11.5 Å². The Kier molecular flexibility index (Phi) is 2.47. The van der Waals surface area contributed by atoms with Gasteiger partial charge in [-0.05, 0) is 30.3 Å². The van der Waals surface area contributed by atoms with Gasteiger partial charge in [0.05, 0.1) is 16.8 Å². The Morgan fingerprint density at radius 2 is 1.75 bits per heavy atom. The molecule has 0 aliphatic carbocycles. The molecule has 2 aromatic carbocycles. The van der Waals surface area contributed by atoms with Crippen LogP contribution < -0.4 is 16.4 Å². The van der Waals surface area contributed by atoms with Crippen molar-refractivity contribution in [2.75, 3.05) is 16.4 Å². The molecule has 1 aliphatic heterocycles.